The lowest BCUT2D eigenvalue weighted by molar-refractivity contribution is 0.135. The van der Waals surface area contributed by atoms with E-state index in [4.69, 9.17) is 14.2 Å². The minimum Gasteiger partial charge on any atom is -0.496 e. The van der Waals surface area contributed by atoms with Gasteiger partial charge in [-0.2, -0.15) is 0 Å². The highest BCUT2D eigenvalue weighted by Gasteiger charge is 2.03. The second kappa shape index (κ2) is 10.2. The van der Waals surface area contributed by atoms with E-state index in [2.05, 4.69) is 27.3 Å². The van der Waals surface area contributed by atoms with Crippen molar-refractivity contribution in [2.75, 3.05) is 47.1 Å². The molecule has 4 nitrogen and oxygen atoms in total. The van der Waals surface area contributed by atoms with Crippen LogP contribution in [0, 0.1) is 0 Å². The van der Waals surface area contributed by atoms with Gasteiger partial charge in [0, 0.05) is 24.7 Å². The first-order chi connectivity index (χ1) is 9.27. The Morgan fingerprint density at radius 3 is 2.63 bits per heavy atom. The Kier molecular flexibility index (Phi) is 8.82. The Hall–Kier alpha value is -0.620. The number of benzene rings is 1. The molecule has 0 bridgehead atoms. The van der Waals surface area contributed by atoms with Gasteiger partial charge in [-0.15, -0.1) is 0 Å². The Bertz CT molecular complexity index is 361. The van der Waals surface area contributed by atoms with Crippen molar-refractivity contribution in [3.63, 3.8) is 0 Å². The molecule has 1 aromatic carbocycles. The van der Waals surface area contributed by atoms with Crippen molar-refractivity contribution in [3.05, 3.63) is 28.2 Å². The summed E-state index contributed by atoms with van der Waals surface area (Å²) in [6.07, 6.45) is 0.848. The monoisotopic (exact) mass is 331 g/mol. The summed E-state index contributed by atoms with van der Waals surface area (Å²) in [4.78, 5) is 0. The van der Waals surface area contributed by atoms with Crippen molar-refractivity contribution in [3.8, 4) is 5.75 Å². The minimum atomic E-state index is 0.693. The molecular weight excluding hydrogens is 310 g/mol. The van der Waals surface area contributed by atoms with Crippen LogP contribution in [0.2, 0.25) is 0 Å². The molecule has 0 aromatic heterocycles. The molecule has 0 unspecified atom stereocenters. The fourth-order valence-corrected chi connectivity index (χ4v) is 2.08. The zero-order valence-electron chi connectivity index (χ0n) is 11.6. The zero-order valence-corrected chi connectivity index (χ0v) is 13.2. The summed E-state index contributed by atoms with van der Waals surface area (Å²) in [5, 5.41) is 3.23. The number of methoxy groups -OCH3 is 2. The van der Waals surface area contributed by atoms with Gasteiger partial charge in [-0.1, -0.05) is 15.9 Å². The minimum absolute atomic E-state index is 0.693. The van der Waals surface area contributed by atoms with Crippen molar-refractivity contribution < 1.29 is 14.2 Å². The number of hydrogen-bond acceptors (Lipinski definition) is 4. The number of rotatable bonds is 10. The van der Waals surface area contributed by atoms with Crippen LogP contribution in [0.5, 0.6) is 5.75 Å². The van der Waals surface area contributed by atoms with Crippen molar-refractivity contribution in [2.24, 2.45) is 0 Å². The summed E-state index contributed by atoms with van der Waals surface area (Å²) in [5.74, 6) is 0.907. The van der Waals surface area contributed by atoms with E-state index in [1.54, 1.807) is 14.2 Å². The van der Waals surface area contributed by atoms with E-state index >= 15 is 0 Å². The van der Waals surface area contributed by atoms with Gasteiger partial charge in [0.1, 0.15) is 5.75 Å². The molecule has 0 amide bonds. The summed E-state index contributed by atoms with van der Waals surface area (Å²) in [6, 6.07) is 6.01. The van der Waals surface area contributed by atoms with Crippen LogP contribution in [-0.4, -0.2) is 47.1 Å². The molecule has 1 N–H and O–H groups in total. The molecule has 0 atom stereocenters. The van der Waals surface area contributed by atoms with Crippen molar-refractivity contribution in [2.45, 2.75) is 6.42 Å². The van der Waals surface area contributed by atoms with Crippen LogP contribution in [-0.2, 0) is 15.9 Å². The molecule has 1 rings (SSSR count). The maximum atomic E-state index is 5.58. The molecule has 19 heavy (non-hydrogen) atoms. The zero-order chi connectivity index (χ0) is 13.9. The molecule has 5 heteroatoms. The molecule has 0 saturated heterocycles. The van der Waals surface area contributed by atoms with Crippen LogP contribution in [0.3, 0.4) is 0 Å². The number of ether oxygens (including phenoxy) is 3. The maximum absolute atomic E-state index is 5.58. The number of halogens is 1. The summed E-state index contributed by atoms with van der Waals surface area (Å²) >= 11 is 3.47. The van der Waals surface area contributed by atoms with Gasteiger partial charge in [-0.25, -0.2) is 0 Å². The first kappa shape index (κ1) is 16.4. The molecule has 0 spiro atoms. The molecule has 0 saturated carbocycles. The molecule has 0 aliphatic carbocycles. The van der Waals surface area contributed by atoms with Crippen molar-refractivity contribution >= 4 is 15.9 Å². The molecule has 0 fully saturated rings. The summed E-state index contributed by atoms with van der Waals surface area (Å²) in [7, 11) is 3.39. The van der Waals surface area contributed by atoms with Gasteiger partial charge in [0.15, 0.2) is 0 Å². The van der Waals surface area contributed by atoms with E-state index < -0.39 is 0 Å². The smallest absolute Gasteiger partial charge is 0.122 e. The van der Waals surface area contributed by atoms with Crippen LogP contribution >= 0.6 is 15.9 Å². The molecule has 108 valence electrons. The summed E-state index contributed by atoms with van der Waals surface area (Å²) in [6.45, 7) is 3.84. The first-order valence-corrected chi connectivity index (χ1v) is 7.17. The average molecular weight is 332 g/mol. The predicted molar refractivity (Wildman–Crippen MR) is 80.0 cm³/mol. The fraction of sp³-hybridized carbons (Fsp3) is 0.571. The molecular formula is C14H22BrNO3. The Labute approximate surface area is 123 Å². The quantitative estimate of drug-likeness (QED) is 0.667. The maximum Gasteiger partial charge on any atom is 0.122 e. The largest absolute Gasteiger partial charge is 0.496 e. The van der Waals surface area contributed by atoms with Crippen LogP contribution < -0.4 is 10.1 Å². The van der Waals surface area contributed by atoms with Crippen molar-refractivity contribution in [1.82, 2.24) is 5.32 Å². The Balaban J connectivity index is 2.17. The van der Waals surface area contributed by atoms with Gasteiger partial charge < -0.3 is 19.5 Å². The second-order valence-corrected chi connectivity index (χ2v) is 4.98. The lowest BCUT2D eigenvalue weighted by Gasteiger charge is -2.10. The lowest BCUT2D eigenvalue weighted by Crippen LogP contribution is -2.23. The van der Waals surface area contributed by atoms with E-state index in [9.17, 15) is 0 Å². The van der Waals surface area contributed by atoms with Gasteiger partial charge in [0.2, 0.25) is 0 Å². The molecule has 0 heterocycles. The van der Waals surface area contributed by atoms with E-state index in [0.29, 0.717) is 13.2 Å². The summed E-state index contributed by atoms with van der Waals surface area (Å²) in [5.41, 5.74) is 1.16. The van der Waals surface area contributed by atoms with E-state index in [0.717, 1.165) is 41.9 Å². The highest BCUT2D eigenvalue weighted by molar-refractivity contribution is 9.10. The fourth-order valence-electron chi connectivity index (χ4n) is 1.67. The SMILES string of the molecule is COCCNCCOCCc1cc(Br)ccc1OC. The Morgan fingerprint density at radius 2 is 1.89 bits per heavy atom. The van der Waals surface area contributed by atoms with E-state index in [-0.39, 0.29) is 0 Å². The van der Waals surface area contributed by atoms with Crippen molar-refractivity contribution in [1.29, 1.82) is 0 Å². The molecule has 1 aromatic rings. The normalized spacial score (nSPS) is 10.7. The van der Waals surface area contributed by atoms with Gasteiger partial charge in [0.25, 0.3) is 0 Å². The van der Waals surface area contributed by atoms with E-state index in [1.807, 2.05) is 12.1 Å². The van der Waals surface area contributed by atoms with Gasteiger partial charge in [0.05, 0.1) is 26.9 Å². The van der Waals surface area contributed by atoms with Crippen LogP contribution in [0.15, 0.2) is 22.7 Å². The number of hydrogen-bond donors (Lipinski definition) is 1. The van der Waals surface area contributed by atoms with Gasteiger partial charge in [-0.05, 0) is 30.2 Å². The topological polar surface area (TPSA) is 39.7 Å². The summed E-state index contributed by atoms with van der Waals surface area (Å²) < 4.78 is 16.9. The first-order valence-electron chi connectivity index (χ1n) is 6.37. The molecule has 0 aliphatic rings. The standard InChI is InChI=1S/C14H22BrNO3/c1-17-9-6-16-7-10-19-8-5-12-11-13(15)3-4-14(12)18-2/h3-4,11,16H,5-10H2,1-2H3. The third kappa shape index (κ3) is 6.92. The third-order valence-electron chi connectivity index (χ3n) is 2.66. The second-order valence-electron chi connectivity index (χ2n) is 4.06. The van der Waals surface area contributed by atoms with E-state index in [1.165, 1.54) is 0 Å². The highest BCUT2D eigenvalue weighted by Crippen LogP contribution is 2.23. The van der Waals surface area contributed by atoms with Gasteiger partial charge in [-0.3, -0.25) is 0 Å². The van der Waals surface area contributed by atoms with Crippen LogP contribution in [0.25, 0.3) is 0 Å². The lowest BCUT2D eigenvalue weighted by atomic mass is 10.1. The molecule has 0 radical (unpaired) electrons. The van der Waals surface area contributed by atoms with Crippen LogP contribution in [0.4, 0.5) is 0 Å². The average Bonchev–Trinajstić information content (AvgIpc) is 2.42. The van der Waals surface area contributed by atoms with Gasteiger partial charge >= 0.3 is 0 Å². The Morgan fingerprint density at radius 1 is 1.11 bits per heavy atom. The molecule has 0 aliphatic heterocycles. The predicted octanol–water partition coefficient (Wildman–Crippen LogP) is 2.25. The number of nitrogens with one attached hydrogen (secondary N) is 1. The third-order valence-corrected chi connectivity index (χ3v) is 3.16. The highest BCUT2D eigenvalue weighted by atomic mass is 79.9. The van der Waals surface area contributed by atoms with Crippen LogP contribution in [0.1, 0.15) is 5.56 Å².